The number of unbranched alkanes of at least 4 members (excludes halogenated alkanes) is 24. The molecular formula is C47H87NO4. The van der Waals surface area contributed by atoms with E-state index in [-0.39, 0.29) is 12.5 Å². The smallest absolute Gasteiger partial charge is 0.220 e. The summed E-state index contributed by atoms with van der Waals surface area (Å²) in [6, 6.07) is -0.833. The van der Waals surface area contributed by atoms with E-state index in [1.165, 1.54) is 135 Å². The molecule has 0 radical (unpaired) electrons. The molecule has 0 rings (SSSR count). The highest BCUT2D eigenvalue weighted by molar-refractivity contribution is 5.76. The molecule has 0 aromatic carbocycles. The Kier molecular flexibility index (Phi) is 40.7. The molecule has 52 heavy (non-hydrogen) atoms. The van der Waals surface area contributed by atoms with Crippen molar-refractivity contribution in [2.75, 3.05) is 6.61 Å². The Labute approximate surface area is 323 Å². The maximum Gasteiger partial charge on any atom is 0.220 e. The lowest BCUT2D eigenvalue weighted by Gasteiger charge is -2.26. The lowest BCUT2D eigenvalue weighted by molar-refractivity contribution is -0.124. The molecule has 0 aliphatic rings. The van der Waals surface area contributed by atoms with E-state index in [0.29, 0.717) is 12.8 Å². The third kappa shape index (κ3) is 36.7. The molecule has 3 unspecified atom stereocenters. The number of hydrogen-bond donors (Lipinski definition) is 4. The summed E-state index contributed by atoms with van der Waals surface area (Å²) in [5.74, 6) is -0.163. The Balaban J connectivity index is 3.61. The molecule has 0 spiro atoms. The SMILES string of the molecule is CCCC/C=C/CC/C=C/CCCC(O)C(O)C(CO)NC(=O)CCCCCCCCCCCCC/C=C\C/C=C\CCCCCCCCCCC. The van der Waals surface area contributed by atoms with Crippen molar-refractivity contribution >= 4 is 5.91 Å². The van der Waals surface area contributed by atoms with Crippen molar-refractivity contribution in [3.05, 3.63) is 48.6 Å². The Morgan fingerprint density at radius 1 is 0.481 bits per heavy atom. The molecule has 0 saturated carbocycles. The van der Waals surface area contributed by atoms with Crippen LogP contribution in [-0.4, -0.2) is 46.1 Å². The van der Waals surface area contributed by atoms with Crippen LogP contribution in [0.1, 0.15) is 219 Å². The monoisotopic (exact) mass is 730 g/mol. The Morgan fingerprint density at radius 2 is 0.865 bits per heavy atom. The van der Waals surface area contributed by atoms with Crippen LogP contribution in [0.5, 0.6) is 0 Å². The van der Waals surface area contributed by atoms with Crippen molar-refractivity contribution in [1.29, 1.82) is 0 Å². The summed E-state index contributed by atoms with van der Waals surface area (Å²) in [7, 11) is 0. The number of amides is 1. The van der Waals surface area contributed by atoms with E-state index in [1.807, 2.05) is 0 Å². The van der Waals surface area contributed by atoms with E-state index in [0.717, 1.165) is 57.8 Å². The van der Waals surface area contributed by atoms with Gasteiger partial charge >= 0.3 is 0 Å². The standard InChI is InChI=1S/C47H87NO4/c1-3-5-7-9-11-13-15-16-17-18-19-20-21-22-23-24-25-26-27-28-29-30-32-34-36-38-40-42-46(51)48-44(43-49)47(52)45(50)41-39-37-35-33-31-14-12-10-8-6-4-2/h10,12,19-20,22-23,33,35,44-45,47,49-50,52H,3-9,11,13-18,21,24-32,34,36-43H2,1-2H3,(H,48,51)/b12-10+,20-19-,23-22-,35-33+. The van der Waals surface area contributed by atoms with Gasteiger partial charge in [0.25, 0.3) is 0 Å². The highest BCUT2D eigenvalue weighted by atomic mass is 16.3. The van der Waals surface area contributed by atoms with Crippen LogP contribution in [0.3, 0.4) is 0 Å². The van der Waals surface area contributed by atoms with Crippen molar-refractivity contribution < 1.29 is 20.1 Å². The molecule has 0 saturated heterocycles. The fraction of sp³-hybridized carbons (Fsp3) is 0.809. The van der Waals surface area contributed by atoms with E-state index in [4.69, 9.17) is 0 Å². The van der Waals surface area contributed by atoms with E-state index in [9.17, 15) is 20.1 Å². The van der Waals surface area contributed by atoms with Gasteiger partial charge in [0.05, 0.1) is 18.8 Å². The van der Waals surface area contributed by atoms with Gasteiger partial charge in [-0.25, -0.2) is 0 Å². The number of aliphatic hydroxyl groups is 3. The van der Waals surface area contributed by atoms with Crippen LogP contribution in [0.4, 0.5) is 0 Å². The first-order valence-electron chi connectivity index (χ1n) is 22.4. The number of hydrogen-bond acceptors (Lipinski definition) is 4. The van der Waals surface area contributed by atoms with Crippen LogP contribution in [0.15, 0.2) is 48.6 Å². The molecule has 0 heterocycles. The predicted molar refractivity (Wildman–Crippen MR) is 227 cm³/mol. The summed E-state index contributed by atoms with van der Waals surface area (Å²) in [4.78, 5) is 12.4. The molecule has 3 atom stereocenters. The number of rotatable bonds is 40. The minimum atomic E-state index is -1.17. The maximum absolute atomic E-state index is 12.4. The number of carbonyl (C=O) groups excluding carboxylic acids is 1. The first-order valence-corrected chi connectivity index (χ1v) is 22.4. The molecule has 0 fully saturated rings. The summed E-state index contributed by atoms with van der Waals surface area (Å²) < 4.78 is 0. The average molecular weight is 730 g/mol. The Bertz CT molecular complexity index is 850. The van der Waals surface area contributed by atoms with Gasteiger partial charge in [-0.05, 0) is 77.0 Å². The van der Waals surface area contributed by atoms with Crippen LogP contribution in [-0.2, 0) is 4.79 Å². The van der Waals surface area contributed by atoms with Gasteiger partial charge in [0, 0.05) is 6.42 Å². The summed E-state index contributed by atoms with van der Waals surface area (Å²) in [5.41, 5.74) is 0. The van der Waals surface area contributed by atoms with E-state index < -0.39 is 18.2 Å². The van der Waals surface area contributed by atoms with Crippen molar-refractivity contribution in [2.45, 2.75) is 238 Å². The van der Waals surface area contributed by atoms with Crippen molar-refractivity contribution in [3.63, 3.8) is 0 Å². The Morgan fingerprint density at radius 3 is 1.35 bits per heavy atom. The largest absolute Gasteiger partial charge is 0.394 e. The molecule has 4 N–H and O–H groups in total. The highest BCUT2D eigenvalue weighted by Gasteiger charge is 2.26. The number of allylic oxidation sites excluding steroid dienone is 8. The first kappa shape index (κ1) is 50.3. The first-order chi connectivity index (χ1) is 25.6. The van der Waals surface area contributed by atoms with E-state index >= 15 is 0 Å². The van der Waals surface area contributed by atoms with Crippen molar-refractivity contribution in [3.8, 4) is 0 Å². The van der Waals surface area contributed by atoms with Gasteiger partial charge in [-0.1, -0.05) is 184 Å². The lowest BCUT2D eigenvalue weighted by atomic mass is 10.0. The van der Waals surface area contributed by atoms with Gasteiger partial charge < -0.3 is 20.6 Å². The minimum Gasteiger partial charge on any atom is -0.394 e. The van der Waals surface area contributed by atoms with Gasteiger partial charge in [-0.3, -0.25) is 4.79 Å². The topological polar surface area (TPSA) is 89.8 Å². The zero-order chi connectivity index (χ0) is 38.0. The van der Waals surface area contributed by atoms with Crippen molar-refractivity contribution in [2.24, 2.45) is 0 Å². The molecule has 5 heteroatoms. The lowest BCUT2D eigenvalue weighted by Crippen LogP contribution is -2.50. The number of nitrogens with one attached hydrogen (secondary N) is 1. The molecule has 1 amide bonds. The predicted octanol–water partition coefficient (Wildman–Crippen LogP) is 12.9. The second kappa shape index (κ2) is 42.1. The molecule has 0 aliphatic heterocycles. The fourth-order valence-corrected chi connectivity index (χ4v) is 6.61. The third-order valence-corrected chi connectivity index (χ3v) is 10.1. The summed E-state index contributed by atoms with van der Waals surface area (Å²) >= 11 is 0. The van der Waals surface area contributed by atoms with Gasteiger partial charge in [0.2, 0.25) is 5.91 Å². The minimum absolute atomic E-state index is 0.163. The molecule has 5 nitrogen and oxygen atoms in total. The molecule has 0 aliphatic carbocycles. The highest BCUT2D eigenvalue weighted by Crippen LogP contribution is 2.15. The fourth-order valence-electron chi connectivity index (χ4n) is 6.61. The summed E-state index contributed by atoms with van der Waals surface area (Å²) in [6.45, 7) is 4.10. The normalized spacial score (nSPS) is 14.0. The summed E-state index contributed by atoms with van der Waals surface area (Å²) in [6.07, 6.45) is 53.8. The zero-order valence-corrected chi connectivity index (χ0v) is 34.4. The van der Waals surface area contributed by atoms with Crippen LogP contribution >= 0.6 is 0 Å². The molecule has 0 bridgehead atoms. The van der Waals surface area contributed by atoms with Gasteiger partial charge in [-0.15, -0.1) is 0 Å². The van der Waals surface area contributed by atoms with Gasteiger partial charge in [0.15, 0.2) is 0 Å². The van der Waals surface area contributed by atoms with Crippen LogP contribution in [0, 0.1) is 0 Å². The molecule has 304 valence electrons. The van der Waals surface area contributed by atoms with Gasteiger partial charge in [0.1, 0.15) is 6.10 Å². The van der Waals surface area contributed by atoms with Gasteiger partial charge in [-0.2, -0.15) is 0 Å². The second-order valence-corrected chi connectivity index (χ2v) is 15.2. The molecular weight excluding hydrogens is 643 g/mol. The van der Waals surface area contributed by atoms with Crippen LogP contribution in [0.2, 0.25) is 0 Å². The third-order valence-electron chi connectivity index (χ3n) is 10.1. The average Bonchev–Trinajstić information content (AvgIpc) is 3.15. The van der Waals surface area contributed by atoms with Crippen LogP contribution in [0.25, 0.3) is 0 Å². The summed E-state index contributed by atoms with van der Waals surface area (Å²) in [5, 5.41) is 33.4. The van der Waals surface area contributed by atoms with E-state index in [2.05, 4.69) is 67.8 Å². The Hall–Kier alpha value is -1.69. The van der Waals surface area contributed by atoms with Crippen LogP contribution < -0.4 is 5.32 Å². The zero-order valence-electron chi connectivity index (χ0n) is 34.4. The maximum atomic E-state index is 12.4. The van der Waals surface area contributed by atoms with Crippen molar-refractivity contribution in [1.82, 2.24) is 5.32 Å². The second-order valence-electron chi connectivity index (χ2n) is 15.2. The van der Waals surface area contributed by atoms with E-state index in [1.54, 1.807) is 0 Å². The molecule has 0 aromatic rings. The number of carbonyl (C=O) groups is 1. The molecule has 0 aromatic heterocycles. The quantitative estimate of drug-likeness (QED) is 0.0373. The number of aliphatic hydroxyl groups excluding tert-OH is 3.